The molecule has 0 spiro atoms. The zero-order valence-corrected chi connectivity index (χ0v) is 9.30. The normalized spacial score (nSPS) is 15.3. The quantitative estimate of drug-likeness (QED) is 0.773. The summed E-state index contributed by atoms with van der Waals surface area (Å²) in [5.74, 6) is -2.63. The van der Waals surface area contributed by atoms with Gasteiger partial charge < -0.3 is 9.47 Å². The monoisotopic (exact) mass is 228 g/mol. The Labute approximate surface area is 93.2 Å². The molecule has 0 radical (unpaired) electrons. The predicted octanol–water partition coefficient (Wildman–Crippen LogP) is 3.21. The van der Waals surface area contributed by atoms with E-state index in [2.05, 4.69) is 0 Å². The first-order valence-corrected chi connectivity index (χ1v) is 5.29. The van der Waals surface area contributed by atoms with Crippen LogP contribution >= 0.6 is 0 Å². The molecular weight excluding hydrogens is 214 g/mol. The van der Waals surface area contributed by atoms with Crippen LogP contribution in [0.4, 0.5) is 8.78 Å². The molecule has 0 fully saturated rings. The summed E-state index contributed by atoms with van der Waals surface area (Å²) >= 11 is 0. The van der Waals surface area contributed by atoms with Gasteiger partial charge in [0.05, 0.1) is 0 Å². The lowest BCUT2D eigenvalue weighted by Crippen LogP contribution is -2.22. The Morgan fingerprint density at radius 2 is 1.75 bits per heavy atom. The average molecular weight is 228 g/mol. The molecule has 0 amide bonds. The standard InChI is InChI=1S/C12H14F2O2/c1-8(2)12(13,14)9-3-4-10-11(7-9)16-6-5-15-10/h3-4,7-8H,5-6H2,1-2H3. The van der Waals surface area contributed by atoms with Crippen LogP contribution in [-0.4, -0.2) is 13.2 Å². The molecule has 0 saturated carbocycles. The van der Waals surface area contributed by atoms with E-state index in [1.165, 1.54) is 26.0 Å². The number of ether oxygens (including phenoxy) is 2. The highest BCUT2D eigenvalue weighted by molar-refractivity contribution is 5.45. The third kappa shape index (κ3) is 1.84. The van der Waals surface area contributed by atoms with Crippen LogP contribution in [-0.2, 0) is 5.92 Å². The van der Waals surface area contributed by atoms with Crippen LogP contribution in [0.5, 0.6) is 11.5 Å². The second kappa shape index (κ2) is 3.92. The fraction of sp³-hybridized carbons (Fsp3) is 0.500. The summed E-state index contributed by atoms with van der Waals surface area (Å²) in [5.41, 5.74) is -0.0215. The number of hydrogen-bond acceptors (Lipinski definition) is 2. The fourth-order valence-electron chi connectivity index (χ4n) is 1.58. The van der Waals surface area contributed by atoms with Crippen LogP contribution in [0.1, 0.15) is 19.4 Å². The lowest BCUT2D eigenvalue weighted by Gasteiger charge is -2.24. The van der Waals surface area contributed by atoms with E-state index in [1.807, 2.05) is 0 Å². The van der Waals surface area contributed by atoms with Crippen molar-refractivity contribution in [1.82, 2.24) is 0 Å². The molecule has 1 aliphatic rings. The Hall–Kier alpha value is -1.32. The molecule has 1 aliphatic heterocycles. The van der Waals surface area contributed by atoms with Gasteiger partial charge >= 0.3 is 0 Å². The molecule has 2 nitrogen and oxygen atoms in total. The second-order valence-corrected chi connectivity index (χ2v) is 4.14. The van der Waals surface area contributed by atoms with E-state index in [0.717, 1.165) is 0 Å². The van der Waals surface area contributed by atoms with Crippen LogP contribution in [0.2, 0.25) is 0 Å². The van der Waals surface area contributed by atoms with Crippen molar-refractivity contribution >= 4 is 0 Å². The minimum atomic E-state index is -2.84. The van der Waals surface area contributed by atoms with Crippen LogP contribution in [0.15, 0.2) is 18.2 Å². The van der Waals surface area contributed by atoms with Crippen LogP contribution in [0, 0.1) is 5.92 Å². The van der Waals surface area contributed by atoms with Gasteiger partial charge in [-0.25, -0.2) is 8.78 Å². The van der Waals surface area contributed by atoms with Gasteiger partial charge in [0.1, 0.15) is 13.2 Å². The summed E-state index contributed by atoms with van der Waals surface area (Å²) in [4.78, 5) is 0. The summed E-state index contributed by atoms with van der Waals surface area (Å²) in [5, 5.41) is 0. The number of fused-ring (bicyclic) bond motifs is 1. The number of halogens is 2. The maximum Gasteiger partial charge on any atom is 0.275 e. The van der Waals surface area contributed by atoms with Crippen molar-refractivity contribution < 1.29 is 18.3 Å². The minimum Gasteiger partial charge on any atom is -0.486 e. The first kappa shape index (κ1) is 11.2. The number of benzene rings is 1. The number of rotatable bonds is 2. The molecule has 0 unspecified atom stereocenters. The first-order valence-electron chi connectivity index (χ1n) is 5.29. The SMILES string of the molecule is CC(C)C(F)(F)c1ccc2c(c1)OCCO2. The van der Waals surface area contributed by atoms with E-state index in [1.54, 1.807) is 6.07 Å². The molecule has 1 heterocycles. The van der Waals surface area contributed by atoms with Gasteiger partial charge in [-0.15, -0.1) is 0 Å². The van der Waals surface area contributed by atoms with Crippen LogP contribution < -0.4 is 9.47 Å². The molecule has 16 heavy (non-hydrogen) atoms. The Kier molecular flexibility index (Phi) is 2.74. The molecule has 1 aromatic rings. The maximum absolute atomic E-state index is 13.8. The van der Waals surface area contributed by atoms with E-state index < -0.39 is 11.8 Å². The molecule has 0 aromatic heterocycles. The van der Waals surface area contributed by atoms with Gasteiger partial charge in [-0.2, -0.15) is 0 Å². The summed E-state index contributed by atoms with van der Waals surface area (Å²) < 4.78 is 38.1. The molecule has 0 saturated heterocycles. The van der Waals surface area contributed by atoms with Crippen LogP contribution in [0.25, 0.3) is 0 Å². The Balaban J connectivity index is 2.37. The van der Waals surface area contributed by atoms with Gasteiger partial charge in [0.25, 0.3) is 5.92 Å². The molecule has 0 atom stereocenters. The van der Waals surface area contributed by atoms with E-state index in [4.69, 9.17) is 9.47 Å². The first-order chi connectivity index (χ1) is 7.51. The summed E-state index contributed by atoms with van der Waals surface area (Å²) in [6.07, 6.45) is 0. The fourth-order valence-corrected chi connectivity index (χ4v) is 1.58. The highest BCUT2D eigenvalue weighted by Crippen LogP contribution is 2.40. The van der Waals surface area contributed by atoms with Gasteiger partial charge in [-0.05, 0) is 18.2 Å². The molecule has 88 valence electrons. The second-order valence-electron chi connectivity index (χ2n) is 4.14. The number of alkyl halides is 2. The molecule has 0 N–H and O–H groups in total. The lowest BCUT2D eigenvalue weighted by molar-refractivity contribution is -0.0516. The molecule has 1 aromatic carbocycles. The van der Waals surface area contributed by atoms with Gasteiger partial charge in [0.2, 0.25) is 0 Å². The summed E-state index contributed by atoms with van der Waals surface area (Å²) in [7, 11) is 0. The Morgan fingerprint density at radius 3 is 2.38 bits per heavy atom. The van der Waals surface area contributed by atoms with Crippen molar-refractivity contribution in [3.8, 4) is 11.5 Å². The topological polar surface area (TPSA) is 18.5 Å². The summed E-state index contributed by atoms with van der Waals surface area (Å²) in [6.45, 7) is 3.87. The van der Waals surface area contributed by atoms with Gasteiger partial charge in [-0.1, -0.05) is 13.8 Å². The minimum absolute atomic E-state index is 0.0215. The van der Waals surface area contributed by atoms with Crippen molar-refractivity contribution in [2.24, 2.45) is 5.92 Å². The highest BCUT2D eigenvalue weighted by atomic mass is 19.3. The largest absolute Gasteiger partial charge is 0.486 e. The zero-order chi connectivity index (χ0) is 11.8. The van der Waals surface area contributed by atoms with E-state index >= 15 is 0 Å². The van der Waals surface area contributed by atoms with Crippen molar-refractivity contribution in [2.45, 2.75) is 19.8 Å². The predicted molar refractivity (Wildman–Crippen MR) is 56.2 cm³/mol. The molecule has 0 aliphatic carbocycles. The smallest absolute Gasteiger partial charge is 0.275 e. The molecular formula is C12H14F2O2. The molecule has 4 heteroatoms. The van der Waals surface area contributed by atoms with Gasteiger partial charge in [-0.3, -0.25) is 0 Å². The summed E-state index contributed by atoms with van der Waals surface area (Å²) in [6, 6.07) is 4.31. The Bertz CT molecular complexity index is 389. The van der Waals surface area contributed by atoms with Gasteiger partial charge in [0.15, 0.2) is 11.5 Å². The van der Waals surface area contributed by atoms with Crippen molar-refractivity contribution in [3.63, 3.8) is 0 Å². The highest BCUT2D eigenvalue weighted by Gasteiger charge is 2.36. The number of hydrogen-bond donors (Lipinski definition) is 0. The third-order valence-electron chi connectivity index (χ3n) is 2.65. The van der Waals surface area contributed by atoms with Crippen molar-refractivity contribution in [1.29, 1.82) is 0 Å². The maximum atomic E-state index is 13.8. The van der Waals surface area contributed by atoms with E-state index in [-0.39, 0.29) is 5.56 Å². The third-order valence-corrected chi connectivity index (χ3v) is 2.65. The average Bonchev–Trinajstić information content (AvgIpc) is 2.28. The lowest BCUT2D eigenvalue weighted by atomic mass is 9.97. The van der Waals surface area contributed by atoms with Crippen LogP contribution in [0.3, 0.4) is 0 Å². The van der Waals surface area contributed by atoms with Crippen molar-refractivity contribution in [2.75, 3.05) is 13.2 Å². The Morgan fingerprint density at radius 1 is 1.12 bits per heavy atom. The van der Waals surface area contributed by atoms with Crippen molar-refractivity contribution in [3.05, 3.63) is 23.8 Å². The van der Waals surface area contributed by atoms with E-state index in [9.17, 15) is 8.78 Å². The molecule has 2 rings (SSSR count). The van der Waals surface area contributed by atoms with Gasteiger partial charge in [0, 0.05) is 11.5 Å². The van der Waals surface area contributed by atoms with E-state index in [0.29, 0.717) is 24.7 Å². The zero-order valence-electron chi connectivity index (χ0n) is 9.30. The molecule has 0 bridgehead atoms.